The van der Waals surface area contributed by atoms with Crippen molar-refractivity contribution in [3.8, 4) is 11.1 Å². The molecular weight excluding hydrogens is 594 g/mol. The summed E-state index contributed by atoms with van der Waals surface area (Å²) in [6.07, 6.45) is 2.27. The normalized spacial score (nSPS) is 20.9. The van der Waals surface area contributed by atoms with Gasteiger partial charge in [0, 0.05) is 0 Å². The fourth-order valence-corrected chi connectivity index (χ4v) is 30.4. The zero-order chi connectivity index (χ0) is 20.7. The Labute approximate surface area is 200 Å². The molecule has 0 saturated carbocycles. The second-order valence-electron chi connectivity index (χ2n) is 8.04. The molecule has 0 bridgehead atoms. The Morgan fingerprint density at radius 1 is 0.800 bits per heavy atom. The quantitative estimate of drug-likeness (QED) is 0.283. The zero-order valence-electron chi connectivity index (χ0n) is 15.6. The number of rotatable bonds is 2. The summed E-state index contributed by atoms with van der Waals surface area (Å²) in [5, 5.41) is 0. The molecule has 1 aliphatic heterocycles. The molecule has 3 aliphatic rings. The third-order valence-corrected chi connectivity index (χ3v) is 25.2. The Balaban J connectivity index is 1.60. The molecule has 149 valence electrons. The number of hydrogen-bond acceptors (Lipinski definition) is 2. The van der Waals surface area contributed by atoms with E-state index in [1.165, 1.54) is 38.3 Å². The van der Waals surface area contributed by atoms with Crippen LogP contribution in [-0.4, -0.2) is 0 Å². The molecule has 0 nitrogen and oxygen atoms in total. The number of hydrogen-bond donors (Lipinski definition) is 1. The van der Waals surface area contributed by atoms with Gasteiger partial charge in [-0.3, -0.25) is 0 Å². The van der Waals surface area contributed by atoms with E-state index in [0.29, 0.717) is 0 Å². The second-order valence-corrected chi connectivity index (χ2v) is 37.3. The van der Waals surface area contributed by atoms with E-state index >= 15 is 0 Å². The summed E-state index contributed by atoms with van der Waals surface area (Å²) in [6.45, 7) is 0. The van der Waals surface area contributed by atoms with Crippen molar-refractivity contribution < 1.29 is 14.9 Å². The van der Waals surface area contributed by atoms with E-state index in [2.05, 4.69) is 94.8 Å². The Morgan fingerprint density at radius 3 is 1.97 bits per heavy atom. The Kier molecular flexibility index (Phi) is 4.68. The summed E-state index contributed by atoms with van der Waals surface area (Å²) >= 11 is 0.691. The first-order chi connectivity index (χ1) is 14.4. The Bertz CT molecular complexity index is 1260. The van der Waals surface area contributed by atoms with E-state index < -0.39 is 14.9 Å². The standard InChI is InChI=1S/C13H9.C11H6BrS.2ClH.H2S.Zr/c1-3-7-12-10(5-1)9-11-6-2-4-8-13(11)12;12-11-6-9-8-4-2-1-3-7(8)5-10(9)13-11;;;;/h1-9H;1-5,9H;2*1H;1H2;/q;;;;;+3/p-3. The molecule has 30 heavy (non-hydrogen) atoms. The van der Waals surface area contributed by atoms with E-state index in [4.69, 9.17) is 26.4 Å². The van der Waals surface area contributed by atoms with Gasteiger partial charge in [-0.25, -0.2) is 0 Å². The molecule has 0 spiro atoms. The van der Waals surface area contributed by atoms with Crippen molar-refractivity contribution in [1.82, 2.24) is 0 Å². The summed E-state index contributed by atoms with van der Waals surface area (Å²) < 4.78 is 2.06. The molecule has 1 atom stereocenters. The zero-order valence-corrected chi connectivity index (χ0v) is 22.9. The van der Waals surface area contributed by atoms with Crippen LogP contribution in [0.15, 0.2) is 84.8 Å². The number of thioether (sulfide) groups is 1. The van der Waals surface area contributed by atoms with Gasteiger partial charge < -0.3 is 0 Å². The van der Waals surface area contributed by atoms with E-state index in [-0.39, 0.29) is 9.54 Å². The number of thiol groups is 1. The molecule has 1 unspecified atom stereocenters. The number of halogens is 3. The number of fused-ring (bicyclic) bond motifs is 6. The SMILES string of the molecule is [SH][Zr]([Cl])([Cl])([C]1=C(Br)SC2=Cc3ccccc3C21)[CH]1c2ccccc2-c2ccccc21. The van der Waals surface area contributed by atoms with Gasteiger partial charge in [-0.2, -0.15) is 0 Å². The molecular formula is C24H16BrCl2S2Zr. The molecule has 1 heterocycles. The molecule has 0 radical (unpaired) electrons. The van der Waals surface area contributed by atoms with E-state index in [0.717, 1.165) is 7.10 Å². The average molecular weight is 611 g/mol. The molecule has 6 rings (SSSR count). The molecule has 0 fully saturated rings. The fourth-order valence-electron chi connectivity index (χ4n) is 5.23. The molecule has 2 aliphatic carbocycles. The molecule has 6 heteroatoms. The van der Waals surface area contributed by atoms with Gasteiger partial charge in [0.05, 0.1) is 0 Å². The topological polar surface area (TPSA) is 0 Å². The van der Waals surface area contributed by atoms with Crippen molar-refractivity contribution >= 4 is 60.2 Å². The molecule has 0 aromatic heterocycles. The van der Waals surface area contributed by atoms with Crippen molar-refractivity contribution in [2.75, 3.05) is 0 Å². The van der Waals surface area contributed by atoms with Gasteiger partial charge in [0.2, 0.25) is 0 Å². The summed E-state index contributed by atoms with van der Waals surface area (Å²) in [5.74, 6) is 0.0960. The third kappa shape index (κ3) is 2.77. The van der Waals surface area contributed by atoms with Crippen LogP contribution in [0.4, 0.5) is 0 Å². The van der Waals surface area contributed by atoms with Crippen LogP contribution >= 0.6 is 54.1 Å². The first-order valence-corrected chi connectivity index (χ1v) is 24.1. The van der Waals surface area contributed by atoms with Gasteiger partial charge in [0.25, 0.3) is 0 Å². The number of allylic oxidation sites excluding steroid dienone is 2. The van der Waals surface area contributed by atoms with Crippen molar-refractivity contribution in [2.24, 2.45) is 0 Å². The van der Waals surface area contributed by atoms with Crippen LogP contribution in [0.3, 0.4) is 0 Å². The summed E-state index contributed by atoms with van der Waals surface area (Å²) in [5.41, 5.74) is 7.37. The van der Waals surface area contributed by atoms with Crippen LogP contribution < -0.4 is 0 Å². The van der Waals surface area contributed by atoms with Crippen molar-refractivity contribution in [2.45, 2.75) is 9.54 Å². The summed E-state index contributed by atoms with van der Waals surface area (Å²) in [7, 11) is 20.7. The first kappa shape index (κ1) is 20.4. The second kappa shape index (κ2) is 6.89. The van der Waals surface area contributed by atoms with Crippen LogP contribution in [0, 0.1) is 0 Å². The average Bonchev–Trinajstić information content (AvgIpc) is 3.34. The van der Waals surface area contributed by atoms with Gasteiger partial charge >= 0.3 is 203 Å². The monoisotopic (exact) mass is 607 g/mol. The van der Waals surface area contributed by atoms with Gasteiger partial charge in [-0.05, 0) is 0 Å². The minimum absolute atomic E-state index is 0.0960. The van der Waals surface area contributed by atoms with Crippen molar-refractivity contribution in [1.29, 1.82) is 0 Å². The van der Waals surface area contributed by atoms with E-state index in [9.17, 15) is 0 Å². The fraction of sp³-hybridized carbons (Fsp3) is 0.0833. The van der Waals surface area contributed by atoms with Gasteiger partial charge in [-0.15, -0.1) is 0 Å². The van der Waals surface area contributed by atoms with Crippen LogP contribution in [-0.2, 0) is 14.9 Å². The van der Waals surface area contributed by atoms with E-state index in [1.54, 1.807) is 11.8 Å². The predicted octanol–water partition coefficient (Wildman–Crippen LogP) is 9.05. The van der Waals surface area contributed by atoms with Crippen LogP contribution in [0.25, 0.3) is 17.2 Å². The maximum atomic E-state index is 7.70. The van der Waals surface area contributed by atoms with Crippen LogP contribution in [0.2, 0.25) is 0 Å². The molecule has 0 N–H and O–H groups in total. The third-order valence-electron chi connectivity index (χ3n) is 6.40. The Morgan fingerprint density at radius 2 is 1.33 bits per heavy atom. The van der Waals surface area contributed by atoms with Gasteiger partial charge in [0.15, 0.2) is 0 Å². The van der Waals surface area contributed by atoms with Gasteiger partial charge in [0.1, 0.15) is 0 Å². The Hall–Kier alpha value is -0.217. The first-order valence-electron chi connectivity index (χ1n) is 9.74. The van der Waals surface area contributed by atoms with E-state index in [1.807, 2.05) is 0 Å². The predicted molar refractivity (Wildman–Crippen MR) is 135 cm³/mol. The van der Waals surface area contributed by atoms with Gasteiger partial charge in [-0.1, -0.05) is 0 Å². The minimum atomic E-state index is -4.89. The van der Waals surface area contributed by atoms with Crippen LogP contribution in [0.5, 0.6) is 0 Å². The molecule has 0 amide bonds. The number of benzene rings is 3. The molecule has 3 aromatic carbocycles. The van der Waals surface area contributed by atoms with Crippen molar-refractivity contribution in [3.05, 3.63) is 107 Å². The summed E-state index contributed by atoms with van der Waals surface area (Å²) in [6, 6.07) is 25.5. The molecule has 3 aromatic rings. The summed E-state index contributed by atoms with van der Waals surface area (Å²) in [4.78, 5) is 1.29. The maximum absolute atomic E-state index is 7.70. The van der Waals surface area contributed by atoms with Crippen LogP contribution in [0.1, 0.15) is 31.8 Å². The van der Waals surface area contributed by atoms with Crippen molar-refractivity contribution in [3.63, 3.8) is 0 Å². The molecule has 0 saturated heterocycles.